The maximum absolute atomic E-state index is 9.34. The standard InChI is InChI=1S/C15H29N3/c1-5-9-18(11-14-7-8-14)13(3)10-15(4,12-16)17-6-2/h13-14,17H,5-11H2,1-4H3. The van der Waals surface area contributed by atoms with Crippen LogP contribution in [0.25, 0.3) is 0 Å². The lowest BCUT2D eigenvalue weighted by atomic mass is 9.94. The van der Waals surface area contributed by atoms with E-state index in [4.69, 9.17) is 0 Å². The third kappa shape index (κ3) is 4.96. The summed E-state index contributed by atoms with van der Waals surface area (Å²) in [4.78, 5) is 2.57. The Bertz CT molecular complexity index is 280. The Hall–Kier alpha value is -0.590. The number of nitrogens with zero attached hydrogens (tertiary/aromatic N) is 2. The second-order valence-electron chi connectivity index (χ2n) is 5.97. The average molecular weight is 251 g/mol. The van der Waals surface area contributed by atoms with Crippen molar-refractivity contribution in [3.8, 4) is 6.07 Å². The number of hydrogen-bond donors (Lipinski definition) is 1. The first-order valence-electron chi connectivity index (χ1n) is 7.45. The fourth-order valence-electron chi connectivity index (χ4n) is 2.68. The Morgan fingerprint density at radius 3 is 2.56 bits per heavy atom. The van der Waals surface area contributed by atoms with Crippen molar-refractivity contribution < 1.29 is 0 Å². The average Bonchev–Trinajstić information content (AvgIpc) is 3.12. The van der Waals surface area contributed by atoms with Crippen LogP contribution in [0.5, 0.6) is 0 Å². The number of nitrogens with one attached hydrogen (secondary N) is 1. The van der Waals surface area contributed by atoms with Gasteiger partial charge in [0.1, 0.15) is 5.54 Å². The van der Waals surface area contributed by atoms with Gasteiger partial charge in [0.2, 0.25) is 0 Å². The molecule has 1 rings (SSSR count). The minimum atomic E-state index is -0.385. The van der Waals surface area contributed by atoms with E-state index in [-0.39, 0.29) is 5.54 Å². The van der Waals surface area contributed by atoms with E-state index >= 15 is 0 Å². The maximum Gasteiger partial charge on any atom is 0.105 e. The van der Waals surface area contributed by atoms with E-state index in [0.717, 1.165) is 25.4 Å². The number of rotatable bonds is 9. The normalized spacial score (nSPS) is 20.4. The van der Waals surface area contributed by atoms with Gasteiger partial charge in [-0.1, -0.05) is 13.8 Å². The Morgan fingerprint density at radius 1 is 1.44 bits per heavy atom. The second kappa shape index (κ2) is 7.11. The van der Waals surface area contributed by atoms with Gasteiger partial charge in [-0.25, -0.2) is 0 Å². The molecule has 0 saturated heterocycles. The molecule has 1 saturated carbocycles. The fourth-order valence-corrected chi connectivity index (χ4v) is 2.68. The van der Waals surface area contributed by atoms with Crippen molar-refractivity contribution >= 4 is 0 Å². The molecule has 3 nitrogen and oxygen atoms in total. The van der Waals surface area contributed by atoms with Crippen LogP contribution in [0.3, 0.4) is 0 Å². The van der Waals surface area contributed by atoms with E-state index in [0.29, 0.717) is 6.04 Å². The highest BCUT2D eigenvalue weighted by atomic mass is 15.2. The van der Waals surface area contributed by atoms with Crippen molar-refractivity contribution in [2.75, 3.05) is 19.6 Å². The first-order valence-corrected chi connectivity index (χ1v) is 7.45. The third-order valence-electron chi connectivity index (χ3n) is 3.84. The van der Waals surface area contributed by atoms with Crippen LogP contribution in [0, 0.1) is 17.2 Å². The molecule has 0 aromatic carbocycles. The molecule has 0 heterocycles. The summed E-state index contributed by atoms with van der Waals surface area (Å²) in [6.45, 7) is 11.8. The molecule has 18 heavy (non-hydrogen) atoms. The van der Waals surface area contributed by atoms with Gasteiger partial charge in [-0.2, -0.15) is 5.26 Å². The zero-order valence-corrected chi connectivity index (χ0v) is 12.5. The maximum atomic E-state index is 9.34. The SMILES string of the molecule is CCCN(CC1CC1)C(C)CC(C)(C#N)NCC. The van der Waals surface area contributed by atoms with E-state index in [9.17, 15) is 5.26 Å². The van der Waals surface area contributed by atoms with Gasteiger partial charge >= 0.3 is 0 Å². The molecular formula is C15H29N3. The Kier molecular flexibility index (Phi) is 6.11. The van der Waals surface area contributed by atoms with Crippen LogP contribution in [0.4, 0.5) is 0 Å². The van der Waals surface area contributed by atoms with Gasteiger partial charge < -0.3 is 4.90 Å². The smallest absolute Gasteiger partial charge is 0.105 e. The van der Waals surface area contributed by atoms with Crippen LogP contribution in [0.2, 0.25) is 0 Å². The Balaban J connectivity index is 2.52. The minimum Gasteiger partial charge on any atom is -0.300 e. The summed E-state index contributed by atoms with van der Waals surface area (Å²) in [5.41, 5.74) is -0.385. The highest BCUT2D eigenvalue weighted by Crippen LogP contribution is 2.31. The van der Waals surface area contributed by atoms with Crippen molar-refractivity contribution in [2.24, 2.45) is 5.92 Å². The molecule has 0 aromatic rings. The highest BCUT2D eigenvalue weighted by Gasteiger charge is 2.30. The lowest BCUT2D eigenvalue weighted by Crippen LogP contribution is -2.47. The third-order valence-corrected chi connectivity index (χ3v) is 3.84. The minimum absolute atomic E-state index is 0.385. The molecule has 2 unspecified atom stereocenters. The van der Waals surface area contributed by atoms with E-state index < -0.39 is 0 Å². The largest absolute Gasteiger partial charge is 0.300 e. The summed E-state index contributed by atoms with van der Waals surface area (Å²) >= 11 is 0. The predicted octanol–water partition coefficient (Wildman–Crippen LogP) is 2.78. The van der Waals surface area contributed by atoms with Gasteiger partial charge in [0.15, 0.2) is 0 Å². The molecule has 1 fully saturated rings. The van der Waals surface area contributed by atoms with Gasteiger partial charge in [-0.15, -0.1) is 0 Å². The van der Waals surface area contributed by atoms with Crippen molar-refractivity contribution in [2.45, 2.75) is 65.0 Å². The number of nitriles is 1. The van der Waals surface area contributed by atoms with Crippen LogP contribution in [0.1, 0.15) is 53.4 Å². The molecule has 104 valence electrons. The first kappa shape index (κ1) is 15.5. The van der Waals surface area contributed by atoms with Gasteiger partial charge in [0.05, 0.1) is 6.07 Å². The van der Waals surface area contributed by atoms with E-state index in [1.807, 2.05) is 6.92 Å². The number of hydrogen-bond acceptors (Lipinski definition) is 3. The lowest BCUT2D eigenvalue weighted by molar-refractivity contribution is 0.170. The van der Waals surface area contributed by atoms with Crippen molar-refractivity contribution in [1.82, 2.24) is 10.2 Å². The molecule has 0 aliphatic heterocycles. The van der Waals surface area contributed by atoms with Crippen LogP contribution in [-0.2, 0) is 0 Å². The molecule has 0 radical (unpaired) electrons. The molecule has 1 aliphatic rings. The van der Waals surface area contributed by atoms with Crippen molar-refractivity contribution in [3.63, 3.8) is 0 Å². The summed E-state index contributed by atoms with van der Waals surface area (Å²) < 4.78 is 0. The van der Waals surface area contributed by atoms with Crippen LogP contribution in [0.15, 0.2) is 0 Å². The van der Waals surface area contributed by atoms with E-state index in [2.05, 4.69) is 37.1 Å². The lowest BCUT2D eigenvalue weighted by Gasteiger charge is -2.34. The molecular weight excluding hydrogens is 222 g/mol. The zero-order chi connectivity index (χ0) is 13.6. The van der Waals surface area contributed by atoms with Crippen molar-refractivity contribution in [1.29, 1.82) is 5.26 Å². The monoisotopic (exact) mass is 251 g/mol. The van der Waals surface area contributed by atoms with Crippen LogP contribution in [-0.4, -0.2) is 36.1 Å². The molecule has 1 aliphatic carbocycles. The summed E-state index contributed by atoms with van der Waals surface area (Å²) in [5.74, 6) is 0.923. The van der Waals surface area contributed by atoms with Gasteiger partial charge in [0, 0.05) is 12.6 Å². The van der Waals surface area contributed by atoms with E-state index in [1.165, 1.54) is 25.8 Å². The second-order valence-corrected chi connectivity index (χ2v) is 5.97. The van der Waals surface area contributed by atoms with Crippen LogP contribution >= 0.6 is 0 Å². The summed E-state index contributed by atoms with van der Waals surface area (Å²) in [5, 5.41) is 12.7. The topological polar surface area (TPSA) is 39.1 Å². The molecule has 0 spiro atoms. The molecule has 3 heteroatoms. The zero-order valence-electron chi connectivity index (χ0n) is 12.5. The highest BCUT2D eigenvalue weighted by molar-refractivity contribution is 5.05. The molecule has 0 bridgehead atoms. The Morgan fingerprint density at radius 2 is 2.11 bits per heavy atom. The molecule has 1 N–H and O–H groups in total. The van der Waals surface area contributed by atoms with Gasteiger partial charge in [-0.3, -0.25) is 5.32 Å². The quantitative estimate of drug-likeness (QED) is 0.685. The molecule has 2 atom stereocenters. The van der Waals surface area contributed by atoms with Crippen molar-refractivity contribution in [3.05, 3.63) is 0 Å². The van der Waals surface area contributed by atoms with Gasteiger partial charge in [0.25, 0.3) is 0 Å². The van der Waals surface area contributed by atoms with E-state index in [1.54, 1.807) is 0 Å². The fraction of sp³-hybridized carbons (Fsp3) is 0.933. The summed E-state index contributed by atoms with van der Waals surface area (Å²) in [6.07, 6.45) is 4.90. The van der Waals surface area contributed by atoms with Gasteiger partial charge in [-0.05, 0) is 58.5 Å². The Labute approximate surface area is 113 Å². The summed E-state index contributed by atoms with van der Waals surface area (Å²) in [7, 11) is 0. The first-order chi connectivity index (χ1) is 8.54. The van der Waals surface area contributed by atoms with Crippen LogP contribution < -0.4 is 5.32 Å². The molecule has 0 aromatic heterocycles. The summed E-state index contributed by atoms with van der Waals surface area (Å²) in [6, 6.07) is 2.92. The predicted molar refractivity (Wildman–Crippen MR) is 76.4 cm³/mol. The molecule has 0 amide bonds.